The van der Waals surface area contributed by atoms with Gasteiger partial charge in [0.15, 0.2) is 0 Å². The van der Waals surface area contributed by atoms with Crippen molar-refractivity contribution < 1.29 is 9.53 Å². The number of carbonyl (C=O) groups is 1. The lowest BCUT2D eigenvalue weighted by Gasteiger charge is -2.36. The number of ether oxygens (including phenoxy) is 1. The monoisotopic (exact) mass is 230 g/mol. The van der Waals surface area contributed by atoms with Gasteiger partial charge in [0.2, 0.25) is 0 Å². The first-order valence-electron chi connectivity index (χ1n) is 5.50. The number of carbonyl (C=O) groups excluding carboxylic acids is 1. The lowest BCUT2D eigenvalue weighted by Crippen LogP contribution is -2.51. The van der Waals surface area contributed by atoms with E-state index in [-0.39, 0.29) is 6.03 Å². The molecule has 2 amide bonds. The van der Waals surface area contributed by atoms with Crippen molar-refractivity contribution >= 4 is 17.8 Å². The molecule has 2 rings (SSSR count). The average molecular weight is 230 g/mol. The zero-order chi connectivity index (χ0) is 10.7. The topological polar surface area (TPSA) is 32.8 Å². The molecule has 0 aliphatic carbocycles. The van der Waals surface area contributed by atoms with E-state index in [1.807, 2.05) is 21.6 Å². The van der Waals surface area contributed by atoms with Crippen LogP contribution in [0.1, 0.15) is 6.92 Å². The molecule has 0 N–H and O–H groups in total. The fourth-order valence-electron chi connectivity index (χ4n) is 1.95. The van der Waals surface area contributed by atoms with Crippen molar-refractivity contribution in [1.29, 1.82) is 0 Å². The zero-order valence-electron chi connectivity index (χ0n) is 9.15. The standard InChI is InChI=1S/C10H18N2O2S/c1-9-8-12(4-7-15-9)10(13)11-2-5-14-6-3-11/h9H,2-8H2,1H3. The molecule has 2 aliphatic heterocycles. The molecule has 4 nitrogen and oxygen atoms in total. The van der Waals surface area contributed by atoms with Crippen molar-refractivity contribution in [1.82, 2.24) is 9.80 Å². The van der Waals surface area contributed by atoms with Gasteiger partial charge in [-0.1, -0.05) is 6.92 Å². The third-order valence-electron chi connectivity index (χ3n) is 2.79. The summed E-state index contributed by atoms with van der Waals surface area (Å²) in [6.07, 6.45) is 0. The molecule has 86 valence electrons. The molecule has 0 aromatic heterocycles. The molecular formula is C10H18N2O2S. The molecule has 0 radical (unpaired) electrons. The molecule has 5 heteroatoms. The van der Waals surface area contributed by atoms with Crippen LogP contribution in [0.15, 0.2) is 0 Å². The molecule has 2 heterocycles. The average Bonchev–Trinajstić information content (AvgIpc) is 2.29. The van der Waals surface area contributed by atoms with E-state index in [1.54, 1.807) is 0 Å². The Morgan fingerprint density at radius 1 is 1.27 bits per heavy atom. The highest BCUT2D eigenvalue weighted by atomic mass is 32.2. The summed E-state index contributed by atoms with van der Waals surface area (Å²) in [6.45, 7) is 6.83. The molecule has 15 heavy (non-hydrogen) atoms. The normalized spacial score (nSPS) is 27.9. The van der Waals surface area contributed by atoms with Gasteiger partial charge in [-0.25, -0.2) is 4.79 Å². The Morgan fingerprint density at radius 3 is 2.67 bits per heavy atom. The van der Waals surface area contributed by atoms with Crippen LogP contribution >= 0.6 is 11.8 Å². The van der Waals surface area contributed by atoms with Gasteiger partial charge in [0.1, 0.15) is 0 Å². The summed E-state index contributed by atoms with van der Waals surface area (Å²) < 4.78 is 5.24. The van der Waals surface area contributed by atoms with E-state index in [9.17, 15) is 4.79 Å². The quantitative estimate of drug-likeness (QED) is 0.619. The minimum Gasteiger partial charge on any atom is -0.378 e. The van der Waals surface area contributed by atoms with E-state index in [0.29, 0.717) is 18.5 Å². The second-order valence-electron chi connectivity index (χ2n) is 4.01. The van der Waals surface area contributed by atoms with Crippen molar-refractivity contribution in [3.8, 4) is 0 Å². The highest BCUT2D eigenvalue weighted by Crippen LogP contribution is 2.19. The van der Waals surface area contributed by atoms with E-state index >= 15 is 0 Å². The van der Waals surface area contributed by atoms with Crippen molar-refractivity contribution in [2.24, 2.45) is 0 Å². The second-order valence-corrected chi connectivity index (χ2v) is 5.56. The van der Waals surface area contributed by atoms with Crippen LogP contribution in [0.25, 0.3) is 0 Å². The number of hydrogen-bond donors (Lipinski definition) is 0. The lowest BCUT2D eigenvalue weighted by atomic mass is 10.3. The summed E-state index contributed by atoms with van der Waals surface area (Å²) in [5.74, 6) is 1.07. The van der Waals surface area contributed by atoms with E-state index in [4.69, 9.17) is 4.74 Å². The van der Waals surface area contributed by atoms with Gasteiger partial charge in [0.05, 0.1) is 13.2 Å². The largest absolute Gasteiger partial charge is 0.378 e. The molecule has 0 spiro atoms. The molecule has 0 aromatic rings. The van der Waals surface area contributed by atoms with Crippen LogP contribution < -0.4 is 0 Å². The van der Waals surface area contributed by atoms with Gasteiger partial charge in [0.25, 0.3) is 0 Å². The predicted molar refractivity (Wildman–Crippen MR) is 61.3 cm³/mol. The maximum absolute atomic E-state index is 12.1. The van der Waals surface area contributed by atoms with Crippen LogP contribution in [0, 0.1) is 0 Å². The molecule has 0 aromatic carbocycles. The van der Waals surface area contributed by atoms with Gasteiger partial charge in [-0.2, -0.15) is 11.8 Å². The van der Waals surface area contributed by atoms with Gasteiger partial charge < -0.3 is 14.5 Å². The highest BCUT2D eigenvalue weighted by Gasteiger charge is 2.26. The first kappa shape index (κ1) is 11.1. The fourth-order valence-corrected chi connectivity index (χ4v) is 2.96. The van der Waals surface area contributed by atoms with E-state index in [1.165, 1.54) is 0 Å². The maximum Gasteiger partial charge on any atom is 0.320 e. The Labute approximate surface area is 94.9 Å². The van der Waals surface area contributed by atoms with Gasteiger partial charge in [-0.3, -0.25) is 0 Å². The number of morpholine rings is 1. The van der Waals surface area contributed by atoms with Crippen LogP contribution in [-0.2, 0) is 4.74 Å². The van der Waals surface area contributed by atoms with Crippen LogP contribution in [0.4, 0.5) is 4.79 Å². The summed E-state index contributed by atoms with van der Waals surface area (Å²) in [5, 5.41) is 0.573. The van der Waals surface area contributed by atoms with E-state index in [2.05, 4.69) is 6.92 Å². The molecule has 0 saturated carbocycles. The predicted octanol–water partition coefficient (Wildman–Crippen LogP) is 0.876. The first-order valence-corrected chi connectivity index (χ1v) is 6.55. The molecular weight excluding hydrogens is 212 g/mol. The Kier molecular flexibility index (Phi) is 3.75. The molecule has 0 bridgehead atoms. The maximum atomic E-state index is 12.1. The van der Waals surface area contributed by atoms with Crippen LogP contribution in [0.2, 0.25) is 0 Å². The SMILES string of the molecule is CC1CN(C(=O)N2CCOCC2)CCS1. The Hall–Kier alpha value is -0.420. The van der Waals surface area contributed by atoms with E-state index in [0.717, 1.165) is 31.9 Å². The number of rotatable bonds is 0. The van der Waals surface area contributed by atoms with Crippen molar-refractivity contribution in [2.45, 2.75) is 12.2 Å². The lowest BCUT2D eigenvalue weighted by molar-refractivity contribution is 0.0436. The summed E-state index contributed by atoms with van der Waals surface area (Å²) >= 11 is 1.95. The smallest absolute Gasteiger partial charge is 0.320 e. The fraction of sp³-hybridized carbons (Fsp3) is 0.900. The molecule has 1 unspecified atom stereocenters. The molecule has 1 atom stereocenters. The van der Waals surface area contributed by atoms with Crippen molar-refractivity contribution in [3.63, 3.8) is 0 Å². The van der Waals surface area contributed by atoms with Gasteiger partial charge in [0, 0.05) is 37.2 Å². The molecule has 2 fully saturated rings. The number of urea groups is 1. The zero-order valence-corrected chi connectivity index (χ0v) is 9.96. The third-order valence-corrected chi connectivity index (χ3v) is 3.93. The summed E-state index contributed by atoms with van der Waals surface area (Å²) in [5.41, 5.74) is 0. The van der Waals surface area contributed by atoms with Gasteiger partial charge in [-0.15, -0.1) is 0 Å². The summed E-state index contributed by atoms with van der Waals surface area (Å²) in [6, 6.07) is 0.199. The van der Waals surface area contributed by atoms with Crippen molar-refractivity contribution in [2.75, 3.05) is 45.1 Å². The number of amides is 2. The van der Waals surface area contributed by atoms with Crippen molar-refractivity contribution in [3.05, 3.63) is 0 Å². The first-order chi connectivity index (χ1) is 7.27. The second kappa shape index (κ2) is 5.07. The molecule has 2 saturated heterocycles. The minimum atomic E-state index is 0.199. The number of nitrogens with zero attached hydrogens (tertiary/aromatic N) is 2. The van der Waals surface area contributed by atoms with E-state index < -0.39 is 0 Å². The van der Waals surface area contributed by atoms with Gasteiger partial charge in [-0.05, 0) is 0 Å². The minimum absolute atomic E-state index is 0.199. The Balaban J connectivity index is 1.88. The molecule has 2 aliphatic rings. The van der Waals surface area contributed by atoms with Gasteiger partial charge >= 0.3 is 6.03 Å². The van der Waals surface area contributed by atoms with Crippen LogP contribution in [0.3, 0.4) is 0 Å². The number of hydrogen-bond acceptors (Lipinski definition) is 3. The van der Waals surface area contributed by atoms with Crippen LogP contribution in [-0.4, -0.2) is 66.2 Å². The Morgan fingerprint density at radius 2 is 2.00 bits per heavy atom. The third kappa shape index (κ3) is 2.78. The van der Waals surface area contributed by atoms with Crippen LogP contribution in [0.5, 0.6) is 0 Å². The summed E-state index contributed by atoms with van der Waals surface area (Å²) in [4.78, 5) is 16.0. The highest BCUT2D eigenvalue weighted by molar-refractivity contribution is 7.99. The number of thioether (sulfide) groups is 1. The summed E-state index contributed by atoms with van der Waals surface area (Å²) in [7, 11) is 0. The Bertz CT molecular complexity index is 231.